The maximum Gasteiger partial charge on any atom is 0.446 e. The Balaban J connectivity index is 0.000000501. The van der Waals surface area contributed by atoms with E-state index in [4.69, 9.17) is 33.7 Å². The number of nitrogens with two attached hydrogens (primary N) is 1. The number of amides is 1. The predicted octanol–water partition coefficient (Wildman–Crippen LogP) is 4.60. The first-order chi connectivity index (χ1) is 14.4. The number of nitrogens with one attached hydrogen (secondary N) is 1. The number of carbonyl (C=O) groups is 2. The molecule has 0 aliphatic carbocycles. The first kappa shape index (κ1) is 25.1. The summed E-state index contributed by atoms with van der Waals surface area (Å²) in [5, 5.41) is 4.18. The van der Waals surface area contributed by atoms with Gasteiger partial charge in [0.15, 0.2) is 0 Å². The van der Waals surface area contributed by atoms with Crippen molar-refractivity contribution in [1.29, 1.82) is 0 Å². The number of halogens is 5. The third-order valence-electron chi connectivity index (χ3n) is 4.60. The van der Waals surface area contributed by atoms with E-state index in [1.807, 2.05) is 24.3 Å². The summed E-state index contributed by atoms with van der Waals surface area (Å²) in [7, 11) is 2.07. The summed E-state index contributed by atoms with van der Waals surface area (Å²) >= 11 is 12.7. The van der Waals surface area contributed by atoms with E-state index in [-0.39, 0.29) is 11.8 Å². The molecule has 0 bridgehead atoms. The van der Waals surface area contributed by atoms with Gasteiger partial charge in [-0.25, -0.2) is 0 Å². The van der Waals surface area contributed by atoms with Crippen LogP contribution in [0.5, 0.6) is 0 Å². The van der Waals surface area contributed by atoms with Crippen molar-refractivity contribution < 1.29 is 22.8 Å². The van der Waals surface area contributed by atoms with E-state index in [1.54, 1.807) is 13.0 Å². The first-order valence-corrected chi connectivity index (χ1v) is 10.0. The average Bonchev–Trinajstić information content (AvgIpc) is 2.68. The molecular formula is C21H22Cl2F3N3O2. The van der Waals surface area contributed by atoms with Crippen molar-refractivity contribution >= 4 is 41.1 Å². The largest absolute Gasteiger partial charge is 0.446 e. The van der Waals surface area contributed by atoms with E-state index >= 15 is 0 Å². The van der Waals surface area contributed by atoms with E-state index in [2.05, 4.69) is 23.3 Å². The number of benzene rings is 2. The summed E-state index contributed by atoms with van der Waals surface area (Å²) in [4.78, 5) is 22.8. The van der Waals surface area contributed by atoms with Crippen molar-refractivity contribution in [1.82, 2.24) is 4.90 Å². The van der Waals surface area contributed by atoms with Gasteiger partial charge >= 0.3 is 6.18 Å². The first-order valence-electron chi connectivity index (χ1n) is 9.27. The fourth-order valence-electron chi connectivity index (χ4n) is 3.22. The second-order valence-electron chi connectivity index (χ2n) is 7.27. The minimum Gasteiger partial charge on any atom is -0.325 e. The number of fused-ring (bicyclic) bond motifs is 1. The number of alkyl halides is 3. The molecule has 5 nitrogen and oxygen atoms in total. The lowest BCUT2D eigenvalue weighted by Crippen LogP contribution is -2.33. The van der Waals surface area contributed by atoms with Crippen LogP contribution in [0.2, 0.25) is 10.0 Å². The summed E-state index contributed by atoms with van der Waals surface area (Å²) in [5.74, 6) is -0.0681. The third kappa shape index (κ3) is 7.21. The topological polar surface area (TPSA) is 75.4 Å². The van der Waals surface area contributed by atoms with Gasteiger partial charge in [-0.15, -0.1) is 0 Å². The Hall–Kier alpha value is -2.13. The lowest BCUT2D eigenvalue weighted by molar-refractivity contribution is -0.156. The maximum absolute atomic E-state index is 11.9. The molecule has 2 aromatic carbocycles. The lowest BCUT2D eigenvalue weighted by atomic mass is 9.84. The van der Waals surface area contributed by atoms with Gasteiger partial charge in [-0.3, -0.25) is 9.59 Å². The summed E-state index contributed by atoms with van der Waals surface area (Å²) < 4.78 is 31.2. The summed E-state index contributed by atoms with van der Waals surface area (Å²) in [6, 6.07) is 11.1. The summed E-state index contributed by atoms with van der Waals surface area (Å²) in [5.41, 5.74) is 9.73. The highest BCUT2D eigenvalue weighted by Gasteiger charge is 2.27. The Kier molecular flexibility index (Phi) is 8.48. The van der Waals surface area contributed by atoms with Gasteiger partial charge < -0.3 is 16.0 Å². The van der Waals surface area contributed by atoms with Crippen LogP contribution in [0.4, 0.5) is 18.9 Å². The Labute approximate surface area is 188 Å². The Morgan fingerprint density at radius 3 is 2.52 bits per heavy atom. The van der Waals surface area contributed by atoms with Crippen molar-refractivity contribution in [2.45, 2.75) is 31.6 Å². The molecule has 0 saturated heterocycles. The quantitative estimate of drug-likeness (QED) is 0.635. The zero-order valence-corrected chi connectivity index (χ0v) is 18.4. The number of hydrogen-bond acceptors (Lipinski definition) is 4. The minimum absolute atomic E-state index is 0.136. The van der Waals surface area contributed by atoms with Crippen molar-refractivity contribution in [3.8, 4) is 0 Å². The number of rotatable bonds is 3. The number of carbonyl (C=O) groups excluding carboxylic acids is 2. The minimum atomic E-state index is -4.64. The van der Waals surface area contributed by atoms with E-state index in [0.717, 1.165) is 35.5 Å². The Morgan fingerprint density at radius 2 is 1.94 bits per heavy atom. The third-order valence-corrected chi connectivity index (χ3v) is 5.15. The van der Waals surface area contributed by atoms with Crippen molar-refractivity contribution in [2.24, 2.45) is 5.73 Å². The molecule has 1 aliphatic heterocycles. The molecule has 2 aromatic rings. The Bertz CT molecular complexity index is 952. The zero-order valence-electron chi connectivity index (χ0n) is 16.8. The SMILES string of the molecule is C[C@H](N)C(=O)Nc1cccc(C2CN(C)Cc3c(Cl)cc(Cl)cc32)c1.O=CC(F)(F)F. The van der Waals surface area contributed by atoms with Crippen LogP contribution in [0.3, 0.4) is 0 Å². The second-order valence-corrected chi connectivity index (χ2v) is 8.11. The van der Waals surface area contributed by atoms with Crippen molar-refractivity contribution in [3.63, 3.8) is 0 Å². The molecule has 0 fully saturated rings. The van der Waals surface area contributed by atoms with Crippen molar-refractivity contribution in [2.75, 3.05) is 18.9 Å². The molecule has 10 heteroatoms. The number of anilines is 1. The van der Waals surface area contributed by atoms with Crippen LogP contribution < -0.4 is 11.1 Å². The highest BCUT2D eigenvalue weighted by atomic mass is 35.5. The van der Waals surface area contributed by atoms with Crippen molar-refractivity contribution in [3.05, 3.63) is 63.1 Å². The van der Waals surface area contributed by atoms with Gasteiger partial charge in [0.25, 0.3) is 0 Å². The molecule has 168 valence electrons. The van der Waals surface area contributed by atoms with E-state index in [9.17, 15) is 18.0 Å². The van der Waals surface area contributed by atoms with Gasteiger partial charge in [0, 0.05) is 34.7 Å². The standard InChI is InChI=1S/C19H21Cl2N3O.C2HF3O/c1-11(22)19(25)23-14-5-3-4-12(6-14)16-9-24(2)10-17-15(16)7-13(20)8-18(17)21;3-2(4,5)1-6/h3-8,11,16H,9-10,22H2,1-2H3,(H,23,25);1H/t11-,16?;/m0./s1. The molecule has 0 saturated carbocycles. The molecule has 1 unspecified atom stereocenters. The maximum atomic E-state index is 11.9. The Morgan fingerprint density at radius 1 is 1.29 bits per heavy atom. The van der Waals surface area contributed by atoms with Gasteiger partial charge in [-0.05, 0) is 54.9 Å². The van der Waals surface area contributed by atoms with Crippen LogP contribution >= 0.6 is 23.2 Å². The fraction of sp³-hybridized carbons (Fsp3) is 0.333. The van der Waals surface area contributed by atoms with Gasteiger partial charge in [0.05, 0.1) is 6.04 Å². The van der Waals surface area contributed by atoms with Crippen LogP contribution in [0.15, 0.2) is 36.4 Å². The molecule has 3 rings (SSSR count). The molecule has 0 spiro atoms. The number of hydrogen-bond donors (Lipinski definition) is 2. The molecule has 3 N–H and O–H groups in total. The van der Waals surface area contributed by atoms with Gasteiger partial charge in [0.1, 0.15) is 0 Å². The molecule has 0 radical (unpaired) electrons. The van der Waals surface area contributed by atoms with Crippen LogP contribution in [0.25, 0.3) is 0 Å². The normalized spacial score (nSPS) is 17.1. The van der Waals surface area contributed by atoms with E-state index < -0.39 is 18.5 Å². The molecule has 0 aromatic heterocycles. The molecule has 1 aliphatic rings. The number of likely N-dealkylation sites (N-methyl/N-ethyl adjacent to an activating group) is 1. The molecular weight excluding hydrogens is 454 g/mol. The van der Waals surface area contributed by atoms with Gasteiger partial charge in [-0.1, -0.05) is 35.3 Å². The van der Waals surface area contributed by atoms with Crippen LogP contribution in [-0.2, 0) is 16.1 Å². The summed E-state index contributed by atoms with van der Waals surface area (Å²) in [6.45, 7) is 3.31. The highest BCUT2D eigenvalue weighted by molar-refractivity contribution is 6.35. The highest BCUT2D eigenvalue weighted by Crippen LogP contribution is 2.38. The number of aldehydes is 1. The molecule has 1 heterocycles. The van der Waals surface area contributed by atoms with E-state index in [1.165, 1.54) is 0 Å². The predicted molar refractivity (Wildman–Crippen MR) is 115 cm³/mol. The molecule has 1 amide bonds. The van der Waals surface area contributed by atoms with E-state index in [0.29, 0.717) is 10.0 Å². The zero-order chi connectivity index (χ0) is 23.3. The van der Waals surface area contributed by atoms with Gasteiger partial charge in [-0.2, -0.15) is 13.2 Å². The fourth-order valence-corrected chi connectivity index (χ4v) is 3.79. The van der Waals surface area contributed by atoms with Gasteiger partial charge in [0.2, 0.25) is 12.2 Å². The van der Waals surface area contributed by atoms with Crippen LogP contribution in [0.1, 0.15) is 29.5 Å². The average molecular weight is 476 g/mol. The van der Waals surface area contributed by atoms with Crippen LogP contribution in [-0.4, -0.2) is 42.9 Å². The lowest BCUT2D eigenvalue weighted by Gasteiger charge is -2.33. The second kappa shape index (κ2) is 10.5. The van der Waals surface area contributed by atoms with Crippen LogP contribution in [0, 0.1) is 0 Å². The number of nitrogens with zero attached hydrogens (tertiary/aromatic N) is 1. The molecule has 2 atom stereocenters. The molecule has 31 heavy (non-hydrogen) atoms. The smallest absolute Gasteiger partial charge is 0.325 e. The monoisotopic (exact) mass is 475 g/mol. The summed E-state index contributed by atoms with van der Waals surface area (Å²) in [6.07, 6.45) is -5.70.